The van der Waals surface area contributed by atoms with Crippen LogP contribution in [-0.4, -0.2) is 62.3 Å². The summed E-state index contributed by atoms with van der Waals surface area (Å²) in [5.74, 6) is 1.42. The Morgan fingerprint density at radius 2 is 2.12 bits per heavy atom. The van der Waals surface area contributed by atoms with Crippen LogP contribution in [0.4, 0.5) is 0 Å². The molecular weight excluding hydrogens is 344 g/mol. The highest BCUT2D eigenvalue weighted by atomic mass is 32.1. The van der Waals surface area contributed by atoms with Gasteiger partial charge in [-0.05, 0) is 45.1 Å². The van der Waals surface area contributed by atoms with Gasteiger partial charge in [0.05, 0.1) is 19.3 Å². The van der Waals surface area contributed by atoms with Gasteiger partial charge in [-0.2, -0.15) is 0 Å². The van der Waals surface area contributed by atoms with Crippen molar-refractivity contribution in [2.45, 2.75) is 58.6 Å². The molecule has 0 aromatic carbocycles. The third-order valence-electron chi connectivity index (χ3n) is 4.68. The Balaban J connectivity index is 1.74. The summed E-state index contributed by atoms with van der Waals surface area (Å²) in [5.41, 5.74) is 0. The molecule has 148 valence electrons. The zero-order valence-corrected chi connectivity index (χ0v) is 17.6. The molecule has 1 aliphatic rings. The van der Waals surface area contributed by atoms with Crippen LogP contribution in [0.5, 0.6) is 0 Å². The van der Waals surface area contributed by atoms with Crippen LogP contribution in [0.1, 0.15) is 51.3 Å². The summed E-state index contributed by atoms with van der Waals surface area (Å²) in [5, 5.41) is 9.17. The lowest BCUT2D eigenvalue weighted by molar-refractivity contribution is 0.0532. The third-order valence-corrected chi connectivity index (χ3v) is 5.79. The molecule has 6 heteroatoms. The first-order chi connectivity index (χ1) is 12.6. The van der Waals surface area contributed by atoms with Crippen molar-refractivity contribution in [1.29, 1.82) is 0 Å². The van der Waals surface area contributed by atoms with Gasteiger partial charge >= 0.3 is 0 Å². The van der Waals surface area contributed by atoms with Crippen LogP contribution in [0.15, 0.2) is 22.5 Å². The Bertz CT molecular complexity index is 510. The number of nitrogens with one attached hydrogen (secondary N) is 2. The number of hydrogen-bond acceptors (Lipinski definition) is 4. The summed E-state index contributed by atoms with van der Waals surface area (Å²) in [6.45, 7) is 14.4. The zero-order valence-electron chi connectivity index (χ0n) is 16.8. The molecule has 1 saturated heterocycles. The highest BCUT2D eigenvalue weighted by Gasteiger charge is 2.20. The SMILES string of the molecule is CCNC(=NCC(C)c1cccs1)NC1CCN(CCOC(C)C)CC1. The van der Waals surface area contributed by atoms with Crippen LogP contribution in [0.25, 0.3) is 0 Å². The fourth-order valence-corrected chi connectivity index (χ4v) is 3.90. The second-order valence-electron chi connectivity index (χ2n) is 7.32. The van der Waals surface area contributed by atoms with Crippen LogP contribution in [0.3, 0.4) is 0 Å². The molecule has 2 rings (SSSR count). The molecule has 0 radical (unpaired) electrons. The predicted molar refractivity (Wildman–Crippen MR) is 112 cm³/mol. The van der Waals surface area contributed by atoms with Crippen LogP contribution >= 0.6 is 11.3 Å². The van der Waals surface area contributed by atoms with Gasteiger partial charge < -0.3 is 20.3 Å². The summed E-state index contributed by atoms with van der Waals surface area (Å²) in [7, 11) is 0. The van der Waals surface area contributed by atoms with E-state index in [-0.39, 0.29) is 0 Å². The summed E-state index contributed by atoms with van der Waals surface area (Å²) in [4.78, 5) is 8.73. The Kier molecular flexibility index (Phi) is 9.43. The van der Waals surface area contributed by atoms with Crippen molar-refractivity contribution in [1.82, 2.24) is 15.5 Å². The Hall–Kier alpha value is -1.11. The van der Waals surface area contributed by atoms with E-state index < -0.39 is 0 Å². The van der Waals surface area contributed by atoms with E-state index >= 15 is 0 Å². The minimum absolute atomic E-state index is 0.324. The van der Waals surface area contributed by atoms with Gasteiger partial charge in [0.2, 0.25) is 0 Å². The molecule has 0 bridgehead atoms. The molecule has 26 heavy (non-hydrogen) atoms. The van der Waals surface area contributed by atoms with E-state index in [9.17, 15) is 0 Å². The van der Waals surface area contributed by atoms with Gasteiger partial charge in [-0.15, -0.1) is 11.3 Å². The summed E-state index contributed by atoms with van der Waals surface area (Å²) < 4.78 is 5.67. The number of ether oxygens (including phenoxy) is 1. The summed E-state index contributed by atoms with van der Waals surface area (Å²) in [6.07, 6.45) is 2.64. The molecule has 1 fully saturated rings. The topological polar surface area (TPSA) is 48.9 Å². The van der Waals surface area contributed by atoms with Crippen LogP contribution in [-0.2, 0) is 4.74 Å². The van der Waals surface area contributed by atoms with E-state index in [1.807, 2.05) is 11.3 Å². The molecule has 1 aromatic rings. The minimum atomic E-state index is 0.324. The normalized spacial score (nSPS) is 18.3. The fraction of sp³-hybridized carbons (Fsp3) is 0.750. The molecule has 5 nitrogen and oxygen atoms in total. The maximum absolute atomic E-state index is 5.67. The molecule has 0 amide bonds. The van der Waals surface area contributed by atoms with Crippen molar-refractivity contribution >= 4 is 17.3 Å². The molecule has 0 spiro atoms. The number of piperidine rings is 1. The summed E-state index contributed by atoms with van der Waals surface area (Å²) >= 11 is 1.81. The van der Waals surface area contributed by atoms with Crippen molar-refractivity contribution < 1.29 is 4.74 Å². The fourth-order valence-electron chi connectivity index (χ4n) is 3.12. The largest absolute Gasteiger partial charge is 0.377 e. The minimum Gasteiger partial charge on any atom is -0.377 e. The van der Waals surface area contributed by atoms with Gasteiger partial charge in [-0.25, -0.2) is 0 Å². The molecule has 0 saturated carbocycles. The highest BCUT2D eigenvalue weighted by molar-refractivity contribution is 7.10. The smallest absolute Gasteiger partial charge is 0.191 e. The van der Waals surface area contributed by atoms with E-state index in [2.05, 4.69) is 60.7 Å². The maximum atomic E-state index is 5.67. The average Bonchev–Trinajstić information content (AvgIpc) is 3.15. The lowest BCUT2D eigenvalue weighted by Crippen LogP contribution is -2.49. The lowest BCUT2D eigenvalue weighted by atomic mass is 10.1. The first-order valence-corrected chi connectivity index (χ1v) is 10.9. The number of guanidine groups is 1. The second kappa shape index (κ2) is 11.6. The molecule has 2 N–H and O–H groups in total. The maximum Gasteiger partial charge on any atom is 0.191 e. The number of aliphatic imine (C=N–C) groups is 1. The van der Waals surface area contributed by atoms with Gasteiger partial charge in [0, 0.05) is 43.0 Å². The standard InChI is InChI=1S/C20H36N4OS/c1-5-21-20(22-15-17(4)19-7-6-14-26-19)23-18-8-10-24(11-9-18)12-13-25-16(2)3/h6-7,14,16-18H,5,8-13,15H2,1-4H3,(H2,21,22,23). The van der Waals surface area contributed by atoms with E-state index in [0.717, 1.165) is 58.1 Å². The number of nitrogens with zero attached hydrogens (tertiary/aromatic N) is 2. The molecule has 1 aliphatic heterocycles. The quantitative estimate of drug-likeness (QED) is 0.510. The highest BCUT2D eigenvalue weighted by Crippen LogP contribution is 2.20. The van der Waals surface area contributed by atoms with E-state index in [0.29, 0.717) is 18.1 Å². The monoisotopic (exact) mass is 380 g/mol. The van der Waals surface area contributed by atoms with Crippen molar-refractivity contribution in [3.63, 3.8) is 0 Å². The molecular formula is C20H36N4OS. The van der Waals surface area contributed by atoms with Crippen molar-refractivity contribution in [2.24, 2.45) is 4.99 Å². The Morgan fingerprint density at radius 3 is 2.73 bits per heavy atom. The van der Waals surface area contributed by atoms with E-state index in [4.69, 9.17) is 9.73 Å². The first kappa shape index (κ1) is 21.2. The number of thiophene rings is 1. The van der Waals surface area contributed by atoms with Crippen molar-refractivity contribution in [3.05, 3.63) is 22.4 Å². The molecule has 1 aromatic heterocycles. The second-order valence-corrected chi connectivity index (χ2v) is 8.30. The average molecular weight is 381 g/mol. The van der Waals surface area contributed by atoms with Crippen LogP contribution in [0, 0.1) is 0 Å². The van der Waals surface area contributed by atoms with Crippen molar-refractivity contribution in [3.8, 4) is 0 Å². The van der Waals surface area contributed by atoms with Crippen LogP contribution < -0.4 is 10.6 Å². The Morgan fingerprint density at radius 1 is 1.35 bits per heavy atom. The van der Waals surface area contributed by atoms with Gasteiger partial charge in [0.25, 0.3) is 0 Å². The molecule has 2 heterocycles. The summed E-state index contributed by atoms with van der Waals surface area (Å²) in [6, 6.07) is 4.82. The number of likely N-dealkylation sites (tertiary alicyclic amines) is 1. The van der Waals surface area contributed by atoms with E-state index in [1.165, 1.54) is 4.88 Å². The van der Waals surface area contributed by atoms with Gasteiger partial charge in [-0.3, -0.25) is 4.99 Å². The zero-order chi connectivity index (χ0) is 18.8. The number of rotatable bonds is 9. The van der Waals surface area contributed by atoms with E-state index in [1.54, 1.807) is 0 Å². The van der Waals surface area contributed by atoms with Crippen LogP contribution in [0.2, 0.25) is 0 Å². The molecule has 0 aliphatic carbocycles. The third kappa shape index (κ3) is 7.64. The van der Waals surface area contributed by atoms with Crippen molar-refractivity contribution in [2.75, 3.05) is 39.3 Å². The Labute approximate surface area is 163 Å². The first-order valence-electron chi connectivity index (χ1n) is 10.0. The van der Waals surface area contributed by atoms with Gasteiger partial charge in [-0.1, -0.05) is 13.0 Å². The van der Waals surface area contributed by atoms with Gasteiger partial charge in [0.1, 0.15) is 0 Å². The number of hydrogen-bond donors (Lipinski definition) is 2. The molecule has 1 unspecified atom stereocenters. The predicted octanol–water partition coefficient (Wildman–Crippen LogP) is 3.30. The van der Waals surface area contributed by atoms with Gasteiger partial charge in [0.15, 0.2) is 5.96 Å². The molecule has 1 atom stereocenters. The lowest BCUT2D eigenvalue weighted by Gasteiger charge is -2.33.